The van der Waals surface area contributed by atoms with Gasteiger partial charge in [0.25, 0.3) is 5.91 Å². The van der Waals surface area contributed by atoms with Crippen LogP contribution in [0.4, 0.5) is 14.6 Å². The van der Waals surface area contributed by atoms with Gasteiger partial charge in [-0.15, -0.1) is 5.10 Å². The highest BCUT2D eigenvalue weighted by atomic mass is 19.3. The number of ether oxygens (including phenoxy) is 1. The van der Waals surface area contributed by atoms with E-state index in [-0.39, 0.29) is 12.4 Å². The Labute approximate surface area is 170 Å². The molecular formula is C20H18F2N6O2. The fourth-order valence-corrected chi connectivity index (χ4v) is 3.16. The summed E-state index contributed by atoms with van der Waals surface area (Å²) in [5.41, 5.74) is 3.36. The molecule has 1 aliphatic carbocycles. The molecule has 0 saturated heterocycles. The minimum atomic E-state index is -3.49. The minimum Gasteiger partial charge on any atom is -0.490 e. The Morgan fingerprint density at radius 3 is 2.77 bits per heavy atom. The van der Waals surface area contributed by atoms with Crippen LogP contribution in [0.15, 0.2) is 48.2 Å². The lowest BCUT2D eigenvalue weighted by Crippen LogP contribution is -2.31. The number of aromatic nitrogens is 5. The molecule has 0 aliphatic heterocycles. The van der Waals surface area contributed by atoms with Gasteiger partial charge in [0.15, 0.2) is 5.82 Å². The quantitative estimate of drug-likeness (QED) is 0.669. The van der Waals surface area contributed by atoms with E-state index in [1.165, 1.54) is 6.07 Å². The number of anilines is 1. The number of benzene rings is 1. The summed E-state index contributed by atoms with van der Waals surface area (Å²) in [6.07, 6.45) is 0.566. The van der Waals surface area contributed by atoms with E-state index in [2.05, 4.69) is 25.8 Å². The van der Waals surface area contributed by atoms with Crippen LogP contribution in [0, 0.1) is 0 Å². The summed E-state index contributed by atoms with van der Waals surface area (Å²) in [4.78, 5) is 15.7. The van der Waals surface area contributed by atoms with Crippen LogP contribution < -0.4 is 5.32 Å². The van der Waals surface area contributed by atoms with Crippen LogP contribution in [0.3, 0.4) is 0 Å². The minimum absolute atomic E-state index is 0.0315. The van der Waals surface area contributed by atoms with Gasteiger partial charge in [-0.3, -0.25) is 4.79 Å². The molecule has 8 nitrogen and oxygen atoms in total. The van der Waals surface area contributed by atoms with Gasteiger partial charge in [-0.05, 0) is 33.7 Å². The number of hydrogen-bond acceptors (Lipinski definition) is 6. The first-order valence-corrected chi connectivity index (χ1v) is 9.15. The van der Waals surface area contributed by atoms with Gasteiger partial charge in [0, 0.05) is 20.4 Å². The van der Waals surface area contributed by atoms with Gasteiger partial charge in [-0.2, -0.15) is 8.78 Å². The predicted molar refractivity (Wildman–Crippen MR) is 103 cm³/mol. The number of carbonyl (C=O) groups excluding carboxylic acids is 1. The molecule has 0 saturated carbocycles. The van der Waals surface area contributed by atoms with Crippen molar-refractivity contribution in [2.24, 2.45) is 7.05 Å². The lowest BCUT2D eigenvalue weighted by Gasteiger charge is -2.12. The fraction of sp³-hybridized carbons (Fsp3) is 0.250. The zero-order chi connectivity index (χ0) is 21.3. The molecule has 0 radical (unpaired) electrons. The molecule has 0 bridgehead atoms. The summed E-state index contributed by atoms with van der Waals surface area (Å²) in [6, 6.07) is 12.6. The number of amides is 1. The van der Waals surface area contributed by atoms with Gasteiger partial charge in [0.2, 0.25) is 0 Å². The van der Waals surface area contributed by atoms with Gasteiger partial charge < -0.3 is 10.1 Å². The van der Waals surface area contributed by atoms with Crippen molar-refractivity contribution in [3.63, 3.8) is 0 Å². The van der Waals surface area contributed by atoms with Crippen molar-refractivity contribution in [3.8, 4) is 0 Å². The molecule has 1 aliphatic rings. The molecule has 1 aromatic carbocycles. The maximum Gasteiger partial charge on any atom is 0.322 e. The molecule has 0 unspecified atom stereocenters. The van der Waals surface area contributed by atoms with E-state index < -0.39 is 11.8 Å². The highest BCUT2D eigenvalue weighted by Gasteiger charge is 2.32. The molecule has 0 fully saturated rings. The Bertz CT molecular complexity index is 1140. The Morgan fingerprint density at radius 1 is 1.23 bits per heavy atom. The predicted octanol–water partition coefficient (Wildman–Crippen LogP) is 2.73. The molecule has 2 heterocycles. The Kier molecular flexibility index (Phi) is 4.98. The molecule has 10 heteroatoms. The highest BCUT2D eigenvalue weighted by molar-refractivity contribution is 5.94. The summed E-state index contributed by atoms with van der Waals surface area (Å²) in [7, 11) is 1.75. The maximum absolute atomic E-state index is 13.1. The number of fused-ring (bicyclic) bond motifs is 1. The number of allylic oxidation sites excluding steroid dienone is 1. The lowest BCUT2D eigenvalue weighted by atomic mass is 10.1. The zero-order valence-corrected chi connectivity index (χ0v) is 16.3. The Morgan fingerprint density at radius 2 is 2.03 bits per heavy atom. The molecule has 30 heavy (non-hydrogen) atoms. The first-order valence-electron chi connectivity index (χ1n) is 9.15. The van der Waals surface area contributed by atoms with Crippen molar-refractivity contribution in [1.29, 1.82) is 0 Å². The molecule has 0 atom stereocenters. The third-order valence-corrected chi connectivity index (χ3v) is 4.60. The van der Waals surface area contributed by atoms with Gasteiger partial charge in [0.1, 0.15) is 18.2 Å². The standard InChI is InChI=1S/C20H18F2N6O2/c1-20(21,22)19(29)24-16-9-5-7-13(23-16)11-30-15-10-12-6-3-4-8-14(12)17(15)18-25-26-27-28(18)2/h3-9H,10-11H2,1-2H3,(H,23,24,29). The first kappa shape index (κ1) is 19.6. The molecular weight excluding hydrogens is 394 g/mol. The van der Waals surface area contributed by atoms with E-state index in [1.54, 1.807) is 23.9 Å². The van der Waals surface area contributed by atoms with E-state index in [0.29, 0.717) is 30.6 Å². The third kappa shape index (κ3) is 3.88. The Hall–Kier alpha value is -3.69. The van der Waals surface area contributed by atoms with Crippen LogP contribution in [0.25, 0.3) is 5.57 Å². The number of aryl methyl sites for hydroxylation is 1. The molecule has 3 aromatic rings. The monoisotopic (exact) mass is 412 g/mol. The van der Waals surface area contributed by atoms with Crippen molar-refractivity contribution in [2.75, 3.05) is 5.32 Å². The number of alkyl halides is 2. The summed E-state index contributed by atoms with van der Waals surface area (Å²) in [5, 5.41) is 13.8. The maximum atomic E-state index is 13.1. The molecule has 0 spiro atoms. The number of rotatable bonds is 6. The van der Waals surface area contributed by atoms with E-state index in [9.17, 15) is 13.6 Å². The molecule has 4 rings (SSSR count). The van der Waals surface area contributed by atoms with Crippen LogP contribution in [0.1, 0.15) is 29.6 Å². The second-order valence-corrected chi connectivity index (χ2v) is 6.90. The van der Waals surface area contributed by atoms with Crippen LogP contribution in [-0.2, 0) is 29.6 Å². The molecule has 1 N–H and O–H groups in total. The van der Waals surface area contributed by atoms with Crippen LogP contribution >= 0.6 is 0 Å². The third-order valence-electron chi connectivity index (χ3n) is 4.60. The largest absolute Gasteiger partial charge is 0.490 e. The van der Waals surface area contributed by atoms with Gasteiger partial charge in [-0.1, -0.05) is 30.3 Å². The topological polar surface area (TPSA) is 94.8 Å². The average molecular weight is 412 g/mol. The molecule has 154 valence electrons. The SMILES string of the molecule is Cn1nnnc1C1=C(OCc2cccc(NC(=O)C(C)(F)F)n2)Cc2ccccc21. The van der Waals surface area contributed by atoms with E-state index in [4.69, 9.17) is 4.74 Å². The number of halogens is 2. The second kappa shape index (κ2) is 7.62. The average Bonchev–Trinajstić information content (AvgIpc) is 3.28. The van der Waals surface area contributed by atoms with Crippen molar-refractivity contribution in [3.05, 3.63) is 70.9 Å². The molecule has 1 amide bonds. The van der Waals surface area contributed by atoms with E-state index >= 15 is 0 Å². The van der Waals surface area contributed by atoms with Crippen molar-refractivity contribution in [1.82, 2.24) is 25.2 Å². The van der Waals surface area contributed by atoms with Crippen LogP contribution in [0.2, 0.25) is 0 Å². The van der Waals surface area contributed by atoms with Crippen molar-refractivity contribution < 1.29 is 18.3 Å². The number of carbonyl (C=O) groups is 1. The van der Waals surface area contributed by atoms with Gasteiger partial charge >= 0.3 is 5.92 Å². The van der Waals surface area contributed by atoms with Gasteiger partial charge in [-0.25, -0.2) is 9.67 Å². The summed E-state index contributed by atoms with van der Waals surface area (Å²) >= 11 is 0. The number of tetrazole rings is 1. The number of nitrogens with zero attached hydrogens (tertiary/aromatic N) is 5. The number of hydrogen-bond donors (Lipinski definition) is 1. The zero-order valence-electron chi connectivity index (χ0n) is 16.3. The summed E-state index contributed by atoms with van der Waals surface area (Å²) < 4.78 is 33.8. The van der Waals surface area contributed by atoms with Crippen LogP contribution in [0.5, 0.6) is 0 Å². The highest BCUT2D eigenvalue weighted by Crippen LogP contribution is 2.37. The normalized spacial score (nSPS) is 13.3. The lowest BCUT2D eigenvalue weighted by molar-refractivity contribution is -0.137. The van der Waals surface area contributed by atoms with Crippen LogP contribution in [-0.4, -0.2) is 37.0 Å². The fourth-order valence-electron chi connectivity index (χ4n) is 3.16. The summed E-state index contributed by atoms with van der Waals surface area (Å²) in [6.45, 7) is 0.618. The van der Waals surface area contributed by atoms with Crippen molar-refractivity contribution >= 4 is 17.3 Å². The van der Waals surface area contributed by atoms with Crippen molar-refractivity contribution in [2.45, 2.75) is 25.9 Å². The summed E-state index contributed by atoms with van der Waals surface area (Å²) in [5.74, 6) is -3.61. The first-order chi connectivity index (χ1) is 14.3. The Balaban J connectivity index is 1.56. The van der Waals surface area contributed by atoms with E-state index in [0.717, 1.165) is 16.7 Å². The van der Waals surface area contributed by atoms with Gasteiger partial charge in [0.05, 0.1) is 11.3 Å². The molecule has 2 aromatic heterocycles. The van der Waals surface area contributed by atoms with E-state index in [1.807, 2.05) is 24.3 Å². The smallest absolute Gasteiger partial charge is 0.322 e. The second-order valence-electron chi connectivity index (χ2n) is 6.90. The number of pyridine rings is 1. The number of nitrogens with one attached hydrogen (secondary N) is 1.